The monoisotopic (exact) mass is 386 g/mol. The smallest absolute Gasteiger partial charge is 0.263 e. The summed E-state index contributed by atoms with van der Waals surface area (Å²) in [4.78, 5) is 9.13. The van der Waals surface area contributed by atoms with Crippen molar-refractivity contribution in [3.63, 3.8) is 0 Å². The fourth-order valence-corrected chi connectivity index (χ4v) is 3.77. The van der Waals surface area contributed by atoms with Crippen LogP contribution in [0.4, 0.5) is 11.6 Å². The standard InChI is InChI=1S/C18H18N4O4S/c1-2-19-17-18(22-27(23,24)12-6-4-3-5-7-12)21-14-11-16-15(10-13(14)20-17)25-8-9-26-16/h3-7,10-11H,2,8-9H2,1H3,(H,19,20)(H,21,22). The van der Waals surface area contributed by atoms with Crippen molar-refractivity contribution in [2.45, 2.75) is 11.8 Å². The van der Waals surface area contributed by atoms with Gasteiger partial charge in [0.05, 0.1) is 15.9 Å². The summed E-state index contributed by atoms with van der Waals surface area (Å²) in [5.74, 6) is 1.64. The predicted octanol–water partition coefficient (Wildman–Crippen LogP) is 2.63. The van der Waals surface area contributed by atoms with Gasteiger partial charge in [-0.2, -0.15) is 0 Å². The second-order valence-electron chi connectivity index (χ2n) is 5.85. The molecular formula is C18H18N4O4S. The van der Waals surface area contributed by atoms with E-state index in [1.807, 2.05) is 6.92 Å². The van der Waals surface area contributed by atoms with Crippen LogP contribution in [-0.4, -0.2) is 38.1 Å². The van der Waals surface area contributed by atoms with Gasteiger partial charge < -0.3 is 14.8 Å². The molecule has 2 aromatic carbocycles. The maximum Gasteiger partial charge on any atom is 0.263 e. The van der Waals surface area contributed by atoms with E-state index < -0.39 is 10.0 Å². The Hall–Kier alpha value is -3.07. The zero-order chi connectivity index (χ0) is 18.9. The fraction of sp³-hybridized carbons (Fsp3) is 0.222. The van der Waals surface area contributed by atoms with Gasteiger partial charge in [0.2, 0.25) is 0 Å². The van der Waals surface area contributed by atoms with Gasteiger partial charge in [-0.3, -0.25) is 4.72 Å². The average Bonchev–Trinajstić information content (AvgIpc) is 2.67. The molecule has 0 bridgehead atoms. The summed E-state index contributed by atoms with van der Waals surface area (Å²) in [5.41, 5.74) is 1.09. The van der Waals surface area contributed by atoms with Gasteiger partial charge in [0, 0.05) is 18.7 Å². The molecule has 3 aromatic rings. The highest BCUT2D eigenvalue weighted by Crippen LogP contribution is 2.35. The number of sulfonamides is 1. The van der Waals surface area contributed by atoms with Crippen molar-refractivity contribution >= 4 is 32.7 Å². The molecule has 2 heterocycles. The van der Waals surface area contributed by atoms with Crippen LogP contribution in [0, 0.1) is 0 Å². The highest BCUT2D eigenvalue weighted by molar-refractivity contribution is 7.92. The number of nitrogens with zero attached hydrogens (tertiary/aromatic N) is 2. The molecule has 140 valence electrons. The predicted molar refractivity (Wildman–Crippen MR) is 102 cm³/mol. The highest BCUT2D eigenvalue weighted by Gasteiger charge is 2.20. The summed E-state index contributed by atoms with van der Waals surface area (Å²) in [6.07, 6.45) is 0. The Balaban J connectivity index is 1.79. The molecule has 0 fully saturated rings. The number of aromatic nitrogens is 2. The number of fused-ring (bicyclic) bond motifs is 2. The molecule has 0 aliphatic carbocycles. The molecule has 0 unspecified atom stereocenters. The number of ether oxygens (including phenoxy) is 2. The van der Waals surface area contributed by atoms with E-state index in [0.29, 0.717) is 48.1 Å². The van der Waals surface area contributed by atoms with E-state index in [2.05, 4.69) is 20.0 Å². The molecule has 1 aliphatic heterocycles. The number of hydrogen-bond acceptors (Lipinski definition) is 7. The van der Waals surface area contributed by atoms with E-state index in [4.69, 9.17) is 9.47 Å². The van der Waals surface area contributed by atoms with E-state index in [9.17, 15) is 8.42 Å². The molecule has 0 radical (unpaired) electrons. The second-order valence-corrected chi connectivity index (χ2v) is 7.54. The van der Waals surface area contributed by atoms with Crippen LogP contribution in [0.25, 0.3) is 11.0 Å². The second kappa shape index (κ2) is 6.92. The van der Waals surface area contributed by atoms with Crippen molar-refractivity contribution in [3.8, 4) is 11.5 Å². The van der Waals surface area contributed by atoms with Crippen molar-refractivity contribution in [1.82, 2.24) is 9.97 Å². The zero-order valence-corrected chi connectivity index (χ0v) is 15.4. The molecule has 1 aromatic heterocycles. The van der Waals surface area contributed by atoms with Gasteiger partial charge in [-0.25, -0.2) is 18.4 Å². The molecule has 1 aliphatic rings. The largest absolute Gasteiger partial charge is 0.486 e. The molecular weight excluding hydrogens is 368 g/mol. The molecule has 0 spiro atoms. The minimum atomic E-state index is -3.79. The first-order chi connectivity index (χ1) is 13.1. The maximum absolute atomic E-state index is 12.7. The maximum atomic E-state index is 12.7. The molecule has 0 saturated carbocycles. The van der Waals surface area contributed by atoms with Gasteiger partial charge in [0.1, 0.15) is 13.2 Å². The van der Waals surface area contributed by atoms with Crippen LogP contribution in [-0.2, 0) is 10.0 Å². The molecule has 4 rings (SSSR count). The van der Waals surface area contributed by atoms with E-state index in [0.717, 1.165) is 0 Å². The summed E-state index contributed by atoms with van der Waals surface area (Å²) < 4.78 is 39.0. The lowest BCUT2D eigenvalue weighted by Gasteiger charge is -2.19. The summed E-state index contributed by atoms with van der Waals surface area (Å²) in [7, 11) is -3.79. The van der Waals surface area contributed by atoms with Crippen molar-refractivity contribution < 1.29 is 17.9 Å². The van der Waals surface area contributed by atoms with Crippen LogP contribution in [0.15, 0.2) is 47.4 Å². The summed E-state index contributed by atoms with van der Waals surface area (Å²) in [5, 5.41) is 3.05. The normalized spacial score (nSPS) is 13.4. The number of rotatable bonds is 5. The van der Waals surface area contributed by atoms with Crippen LogP contribution in [0.5, 0.6) is 11.5 Å². The number of nitrogens with one attached hydrogen (secondary N) is 2. The van der Waals surface area contributed by atoms with Crippen LogP contribution >= 0.6 is 0 Å². The molecule has 2 N–H and O–H groups in total. The van der Waals surface area contributed by atoms with Crippen molar-refractivity contribution in [3.05, 3.63) is 42.5 Å². The molecule has 0 amide bonds. The number of anilines is 2. The summed E-state index contributed by atoms with van der Waals surface area (Å²) >= 11 is 0. The first-order valence-electron chi connectivity index (χ1n) is 8.50. The first kappa shape index (κ1) is 17.3. The van der Waals surface area contributed by atoms with Gasteiger partial charge in [-0.1, -0.05) is 18.2 Å². The van der Waals surface area contributed by atoms with Crippen LogP contribution in [0.3, 0.4) is 0 Å². The highest BCUT2D eigenvalue weighted by atomic mass is 32.2. The minimum absolute atomic E-state index is 0.130. The summed E-state index contributed by atoms with van der Waals surface area (Å²) in [6.45, 7) is 3.38. The Morgan fingerprint density at radius 2 is 1.56 bits per heavy atom. The van der Waals surface area contributed by atoms with E-state index in [1.54, 1.807) is 30.3 Å². The fourth-order valence-electron chi connectivity index (χ4n) is 2.74. The minimum Gasteiger partial charge on any atom is -0.486 e. The third-order valence-electron chi connectivity index (χ3n) is 3.96. The molecule has 8 nitrogen and oxygen atoms in total. The van der Waals surface area contributed by atoms with E-state index in [-0.39, 0.29) is 10.7 Å². The number of hydrogen-bond donors (Lipinski definition) is 2. The first-order valence-corrected chi connectivity index (χ1v) is 9.98. The Labute approximate surface area is 156 Å². The lowest BCUT2D eigenvalue weighted by Crippen LogP contribution is -2.17. The quantitative estimate of drug-likeness (QED) is 0.695. The van der Waals surface area contributed by atoms with Gasteiger partial charge >= 0.3 is 0 Å². The van der Waals surface area contributed by atoms with Gasteiger partial charge in [0.25, 0.3) is 10.0 Å². The SMILES string of the molecule is CCNc1nc2cc3c(cc2nc1NS(=O)(=O)c1ccccc1)OCCO3. The molecule has 27 heavy (non-hydrogen) atoms. The van der Waals surface area contributed by atoms with Crippen LogP contribution in [0.1, 0.15) is 6.92 Å². The zero-order valence-electron chi connectivity index (χ0n) is 14.6. The Kier molecular flexibility index (Phi) is 4.44. The summed E-state index contributed by atoms with van der Waals surface area (Å²) in [6, 6.07) is 11.6. The lowest BCUT2D eigenvalue weighted by molar-refractivity contribution is 0.172. The third kappa shape index (κ3) is 3.45. The Morgan fingerprint density at radius 1 is 0.963 bits per heavy atom. The van der Waals surface area contributed by atoms with Crippen LogP contribution < -0.4 is 19.5 Å². The van der Waals surface area contributed by atoms with E-state index in [1.165, 1.54) is 12.1 Å². The van der Waals surface area contributed by atoms with Crippen molar-refractivity contribution in [2.75, 3.05) is 29.8 Å². The number of benzene rings is 2. The van der Waals surface area contributed by atoms with Crippen LogP contribution in [0.2, 0.25) is 0 Å². The van der Waals surface area contributed by atoms with Gasteiger partial charge in [0.15, 0.2) is 23.1 Å². The Bertz CT molecular complexity index is 1090. The van der Waals surface area contributed by atoms with Crippen molar-refractivity contribution in [2.24, 2.45) is 0 Å². The molecule has 0 atom stereocenters. The molecule has 0 saturated heterocycles. The lowest BCUT2D eigenvalue weighted by atomic mass is 10.2. The Morgan fingerprint density at radius 3 is 2.15 bits per heavy atom. The van der Waals surface area contributed by atoms with Gasteiger partial charge in [-0.05, 0) is 19.1 Å². The van der Waals surface area contributed by atoms with E-state index >= 15 is 0 Å². The van der Waals surface area contributed by atoms with Crippen molar-refractivity contribution in [1.29, 1.82) is 0 Å². The average molecular weight is 386 g/mol. The third-order valence-corrected chi connectivity index (χ3v) is 5.31. The molecule has 9 heteroatoms. The topological polar surface area (TPSA) is 102 Å². The van der Waals surface area contributed by atoms with Gasteiger partial charge in [-0.15, -0.1) is 0 Å².